The van der Waals surface area contributed by atoms with Crippen LogP contribution in [-0.4, -0.2) is 25.0 Å². The monoisotopic (exact) mass is 311 g/mol. The first-order valence-electron chi connectivity index (χ1n) is 5.13. The molecule has 0 atom stereocenters. The Hall–Kier alpha value is -0.630. The minimum absolute atomic E-state index is 0.0487. The molecule has 0 saturated carbocycles. The van der Waals surface area contributed by atoms with Crippen LogP contribution in [0.5, 0.6) is 0 Å². The standard InChI is InChI=1S/C10H14ClNO4S2/c1-10(2,5-3-8(13)14)12-18(15,16)9-7(11)4-6-17-9/h4,6,12H,3,5H2,1-2H3,(H,13,14). The lowest BCUT2D eigenvalue weighted by Crippen LogP contribution is -2.43. The van der Waals surface area contributed by atoms with Crippen molar-refractivity contribution in [2.24, 2.45) is 0 Å². The summed E-state index contributed by atoms with van der Waals surface area (Å²) in [5.74, 6) is -0.962. The van der Waals surface area contributed by atoms with Gasteiger partial charge in [0.2, 0.25) is 0 Å². The van der Waals surface area contributed by atoms with Gasteiger partial charge in [0.25, 0.3) is 10.0 Å². The molecule has 18 heavy (non-hydrogen) atoms. The van der Waals surface area contributed by atoms with Crippen LogP contribution < -0.4 is 4.72 Å². The van der Waals surface area contributed by atoms with Gasteiger partial charge in [0.1, 0.15) is 0 Å². The van der Waals surface area contributed by atoms with Crippen molar-refractivity contribution in [1.29, 1.82) is 0 Å². The molecule has 1 heterocycles. The van der Waals surface area contributed by atoms with E-state index in [9.17, 15) is 13.2 Å². The van der Waals surface area contributed by atoms with Gasteiger partial charge < -0.3 is 5.11 Å². The molecule has 0 amide bonds. The van der Waals surface area contributed by atoms with Crippen LogP contribution in [0.3, 0.4) is 0 Å². The number of rotatable bonds is 6. The quantitative estimate of drug-likeness (QED) is 0.844. The summed E-state index contributed by atoms with van der Waals surface area (Å²) in [4.78, 5) is 10.5. The first-order chi connectivity index (χ1) is 8.14. The molecule has 1 aromatic rings. The van der Waals surface area contributed by atoms with Gasteiger partial charge in [-0.15, -0.1) is 11.3 Å². The summed E-state index contributed by atoms with van der Waals surface area (Å²) in [6.45, 7) is 3.27. The third-order valence-electron chi connectivity index (χ3n) is 2.20. The number of aliphatic carboxylic acids is 1. The predicted molar refractivity (Wildman–Crippen MR) is 70.6 cm³/mol. The molecule has 0 radical (unpaired) electrons. The van der Waals surface area contributed by atoms with Gasteiger partial charge >= 0.3 is 5.97 Å². The molecule has 8 heteroatoms. The van der Waals surface area contributed by atoms with E-state index in [1.165, 1.54) is 6.07 Å². The van der Waals surface area contributed by atoms with Crippen molar-refractivity contribution in [1.82, 2.24) is 4.72 Å². The van der Waals surface area contributed by atoms with Crippen LogP contribution >= 0.6 is 22.9 Å². The Morgan fingerprint density at radius 3 is 2.61 bits per heavy atom. The van der Waals surface area contributed by atoms with Gasteiger partial charge in [-0.25, -0.2) is 13.1 Å². The highest BCUT2D eigenvalue weighted by Gasteiger charge is 2.28. The number of carboxylic acid groups (broad SMARTS) is 1. The zero-order valence-corrected chi connectivity index (χ0v) is 12.3. The van der Waals surface area contributed by atoms with Crippen LogP contribution in [0.4, 0.5) is 0 Å². The highest BCUT2D eigenvalue weighted by Crippen LogP contribution is 2.28. The normalized spacial score (nSPS) is 12.6. The maximum Gasteiger partial charge on any atom is 0.303 e. The zero-order chi connectivity index (χ0) is 14.0. The second-order valence-electron chi connectivity index (χ2n) is 4.44. The fourth-order valence-electron chi connectivity index (χ4n) is 1.35. The molecule has 102 valence electrons. The van der Waals surface area contributed by atoms with Gasteiger partial charge in [-0.1, -0.05) is 11.6 Å². The lowest BCUT2D eigenvalue weighted by molar-refractivity contribution is -0.137. The van der Waals surface area contributed by atoms with Gasteiger partial charge in [0.15, 0.2) is 4.21 Å². The van der Waals surface area contributed by atoms with Crippen molar-refractivity contribution in [3.05, 3.63) is 16.5 Å². The van der Waals surface area contributed by atoms with Crippen LogP contribution in [0.15, 0.2) is 15.7 Å². The van der Waals surface area contributed by atoms with E-state index in [2.05, 4.69) is 4.72 Å². The fourth-order valence-corrected chi connectivity index (χ4v) is 4.48. The summed E-state index contributed by atoms with van der Waals surface area (Å²) in [6.07, 6.45) is 0.0955. The zero-order valence-electron chi connectivity index (χ0n) is 9.94. The van der Waals surface area contributed by atoms with E-state index in [0.717, 1.165) is 11.3 Å². The molecule has 0 aliphatic carbocycles. The third-order valence-corrected chi connectivity index (χ3v) is 5.92. The molecule has 2 N–H and O–H groups in total. The molecule has 0 aromatic carbocycles. The minimum Gasteiger partial charge on any atom is -0.481 e. The maximum atomic E-state index is 12.0. The summed E-state index contributed by atoms with van der Waals surface area (Å²) < 4.78 is 26.6. The Morgan fingerprint density at radius 2 is 2.17 bits per heavy atom. The third kappa shape index (κ3) is 4.24. The van der Waals surface area contributed by atoms with E-state index in [1.807, 2.05) is 0 Å². The SMILES string of the molecule is CC(C)(CCC(=O)O)NS(=O)(=O)c1sccc1Cl. The lowest BCUT2D eigenvalue weighted by Gasteiger charge is -2.24. The molecule has 0 aliphatic rings. The van der Waals surface area contributed by atoms with Crippen LogP contribution in [0.1, 0.15) is 26.7 Å². The number of halogens is 1. The maximum absolute atomic E-state index is 12.0. The smallest absolute Gasteiger partial charge is 0.303 e. The molecular weight excluding hydrogens is 298 g/mol. The van der Waals surface area contributed by atoms with E-state index >= 15 is 0 Å². The Balaban J connectivity index is 2.83. The molecule has 0 spiro atoms. The number of sulfonamides is 1. The van der Waals surface area contributed by atoms with Crippen molar-refractivity contribution >= 4 is 38.9 Å². The average Bonchev–Trinajstić information content (AvgIpc) is 2.61. The second kappa shape index (κ2) is 5.56. The van der Waals surface area contributed by atoms with Crippen molar-refractivity contribution in [3.8, 4) is 0 Å². The summed E-state index contributed by atoms with van der Waals surface area (Å²) in [6, 6.07) is 1.50. The number of carboxylic acids is 1. The lowest BCUT2D eigenvalue weighted by atomic mass is 10.0. The summed E-state index contributed by atoms with van der Waals surface area (Å²) in [5, 5.41) is 10.4. The number of hydrogen-bond donors (Lipinski definition) is 2. The van der Waals surface area contributed by atoms with Crippen LogP contribution in [0, 0.1) is 0 Å². The minimum atomic E-state index is -3.71. The molecule has 1 aromatic heterocycles. The van der Waals surface area contributed by atoms with Gasteiger partial charge in [-0.3, -0.25) is 4.79 Å². The number of hydrogen-bond acceptors (Lipinski definition) is 4. The first kappa shape index (κ1) is 15.4. The average molecular weight is 312 g/mol. The second-order valence-corrected chi connectivity index (χ2v) is 7.64. The van der Waals surface area contributed by atoms with E-state index in [-0.39, 0.29) is 22.1 Å². The molecule has 0 aliphatic heterocycles. The van der Waals surface area contributed by atoms with Crippen molar-refractivity contribution in [3.63, 3.8) is 0 Å². The van der Waals surface area contributed by atoms with Crippen LogP contribution in [-0.2, 0) is 14.8 Å². The largest absolute Gasteiger partial charge is 0.481 e. The highest BCUT2D eigenvalue weighted by molar-refractivity contribution is 7.91. The molecule has 1 rings (SSSR count). The van der Waals surface area contributed by atoms with E-state index in [1.54, 1.807) is 19.2 Å². The molecule has 0 fully saturated rings. The van der Waals surface area contributed by atoms with Gasteiger partial charge in [0, 0.05) is 12.0 Å². The van der Waals surface area contributed by atoms with Crippen molar-refractivity contribution in [2.45, 2.75) is 36.4 Å². The number of thiophene rings is 1. The summed E-state index contributed by atoms with van der Waals surface area (Å²) in [5.41, 5.74) is -0.843. The van der Waals surface area contributed by atoms with Crippen molar-refractivity contribution in [2.75, 3.05) is 0 Å². The van der Waals surface area contributed by atoms with E-state index in [4.69, 9.17) is 16.7 Å². The molecule has 5 nitrogen and oxygen atoms in total. The molecule has 0 unspecified atom stereocenters. The Kier molecular flexibility index (Phi) is 4.77. The topological polar surface area (TPSA) is 83.5 Å². The van der Waals surface area contributed by atoms with Gasteiger partial charge in [0.05, 0.1) is 5.02 Å². The molecule has 0 bridgehead atoms. The summed E-state index contributed by atoms with van der Waals surface area (Å²) >= 11 is 6.80. The number of carbonyl (C=O) groups is 1. The van der Waals surface area contributed by atoms with E-state index in [0.29, 0.717) is 0 Å². The predicted octanol–water partition coefficient (Wildman–Crippen LogP) is 2.32. The Bertz CT molecular complexity index is 536. The Morgan fingerprint density at radius 1 is 1.56 bits per heavy atom. The first-order valence-corrected chi connectivity index (χ1v) is 7.87. The van der Waals surface area contributed by atoms with Crippen LogP contribution in [0.25, 0.3) is 0 Å². The van der Waals surface area contributed by atoms with Gasteiger partial charge in [-0.2, -0.15) is 0 Å². The Labute approximate surface area is 115 Å². The molecule has 0 saturated heterocycles. The van der Waals surface area contributed by atoms with Crippen LogP contribution in [0.2, 0.25) is 5.02 Å². The van der Waals surface area contributed by atoms with Gasteiger partial charge in [-0.05, 0) is 31.7 Å². The molecular formula is C10H14ClNO4S2. The number of nitrogens with one attached hydrogen (secondary N) is 1. The van der Waals surface area contributed by atoms with E-state index < -0.39 is 21.5 Å². The fraction of sp³-hybridized carbons (Fsp3) is 0.500. The summed E-state index contributed by atoms with van der Waals surface area (Å²) in [7, 11) is -3.71. The van der Waals surface area contributed by atoms with Crippen molar-refractivity contribution < 1.29 is 18.3 Å². The highest BCUT2D eigenvalue weighted by atomic mass is 35.5.